The molecule has 1 N–H and O–H groups in total. The minimum absolute atomic E-state index is 0.0927. The first-order chi connectivity index (χ1) is 13.0. The molecule has 8 heteroatoms. The summed E-state index contributed by atoms with van der Waals surface area (Å²) in [5, 5.41) is 11.9. The fraction of sp³-hybridized carbons (Fsp3) is 0.316. The summed E-state index contributed by atoms with van der Waals surface area (Å²) >= 11 is 1.33. The van der Waals surface area contributed by atoms with Gasteiger partial charge in [0.2, 0.25) is 5.91 Å². The Morgan fingerprint density at radius 2 is 2.07 bits per heavy atom. The molecule has 142 valence electrons. The minimum atomic E-state index is -0.257. The largest absolute Gasteiger partial charge is 0.483 e. The van der Waals surface area contributed by atoms with Crippen molar-refractivity contribution in [1.82, 2.24) is 20.1 Å². The number of amides is 1. The van der Waals surface area contributed by atoms with Crippen LogP contribution in [0.4, 0.5) is 0 Å². The van der Waals surface area contributed by atoms with Crippen molar-refractivity contribution in [2.24, 2.45) is 7.05 Å². The third-order valence-corrected chi connectivity index (χ3v) is 4.96. The van der Waals surface area contributed by atoms with Gasteiger partial charge in [-0.3, -0.25) is 4.79 Å². The van der Waals surface area contributed by atoms with Gasteiger partial charge in [0.25, 0.3) is 0 Å². The fourth-order valence-electron chi connectivity index (χ4n) is 2.46. The van der Waals surface area contributed by atoms with Crippen molar-refractivity contribution in [3.05, 3.63) is 59.8 Å². The van der Waals surface area contributed by atoms with Crippen LogP contribution in [0.2, 0.25) is 0 Å². The van der Waals surface area contributed by atoms with Gasteiger partial charge in [0.15, 0.2) is 17.1 Å². The number of hydrogen-bond donors (Lipinski definition) is 1. The highest BCUT2D eigenvalue weighted by Crippen LogP contribution is 2.23. The van der Waals surface area contributed by atoms with E-state index in [0.29, 0.717) is 17.5 Å². The first-order valence-corrected chi connectivity index (χ1v) is 9.56. The van der Waals surface area contributed by atoms with E-state index in [1.807, 2.05) is 55.8 Å². The van der Waals surface area contributed by atoms with Crippen LogP contribution in [-0.4, -0.2) is 26.4 Å². The molecular weight excluding hydrogens is 364 g/mol. The summed E-state index contributed by atoms with van der Waals surface area (Å²) in [5.74, 6) is 2.36. The molecule has 27 heavy (non-hydrogen) atoms. The zero-order chi connectivity index (χ0) is 19.2. The Bertz CT molecular complexity index is 875. The molecule has 0 saturated carbocycles. The quantitative estimate of drug-likeness (QED) is 0.599. The van der Waals surface area contributed by atoms with E-state index < -0.39 is 0 Å². The SMILES string of the molecule is Cc1ccc(OC(C)c2nnc(SCC(=O)NCc3ccco3)n2C)cc1. The number of aryl methyl sites for hydroxylation is 1. The van der Waals surface area contributed by atoms with Gasteiger partial charge in [-0.2, -0.15) is 0 Å². The van der Waals surface area contributed by atoms with Gasteiger partial charge in [0.05, 0.1) is 18.6 Å². The molecule has 1 aromatic carbocycles. The lowest BCUT2D eigenvalue weighted by Crippen LogP contribution is -2.24. The van der Waals surface area contributed by atoms with Gasteiger partial charge in [-0.1, -0.05) is 29.5 Å². The number of rotatable bonds is 8. The maximum absolute atomic E-state index is 12.0. The molecule has 0 bridgehead atoms. The normalized spacial score (nSPS) is 12.0. The Labute approximate surface area is 162 Å². The van der Waals surface area contributed by atoms with Crippen LogP contribution in [0.15, 0.2) is 52.2 Å². The van der Waals surface area contributed by atoms with Crippen molar-refractivity contribution in [2.45, 2.75) is 31.7 Å². The predicted octanol–water partition coefficient (Wildman–Crippen LogP) is 3.27. The molecule has 0 aliphatic rings. The van der Waals surface area contributed by atoms with E-state index in [2.05, 4.69) is 15.5 Å². The molecule has 2 heterocycles. The summed E-state index contributed by atoms with van der Waals surface area (Å²) in [7, 11) is 1.87. The molecule has 1 atom stereocenters. The van der Waals surface area contributed by atoms with Crippen molar-refractivity contribution in [3.63, 3.8) is 0 Å². The third kappa shape index (κ3) is 5.13. The molecule has 3 aromatic rings. The number of carbonyl (C=O) groups excluding carboxylic acids is 1. The van der Waals surface area contributed by atoms with Crippen molar-refractivity contribution in [1.29, 1.82) is 0 Å². The summed E-state index contributed by atoms with van der Waals surface area (Å²) < 4.78 is 13.0. The number of nitrogens with zero attached hydrogens (tertiary/aromatic N) is 3. The lowest BCUT2D eigenvalue weighted by atomic mass is 10.2. The average Bonchev–Trinajstić information content (AvgIpc) is 3.30. The van der Waals surface area contributed by atoms with Crippen LogP contribution in [0.25, 0.3) is 0 Å². The lowest BCUT2D eigenvalue weighted by Gasteiger charge is -2.14. The number of furan rings is 1. The smallest absolute Gasteiger partial charge is 0.230 e. The molecule has 0 aliphatic heterocycles. The van der Waals surface area contributed by atoms with Crippen LogP contribution >= 0.6 is 11.8 Å². The zero-order valence-corrected chi connectivity index (χ0v) is 16.3. The van der Waals surface area contributed by atoms with Crippen LogP contribution in [0.3, 0.4) is 0 Å². The summed E-state index contributed by atoms with van der Waals surface area (Å²) in [6, 6.07) is 11.5. The van der Waals surface area contributed by atoms with Crippen LogP contribution < -0.4 is 10.1 Å². The molecule has 0 fully saturated rings. The maximum atomic E-state index is 12.0. The van der Waals surface area contributed by atoms with E-state index in [9.17, 15) is 4.79 Å². The Kier molecular flexibility index (Phi) is 6.18. The van der Waals surface area contributed by atoms with Gasteiger partial charge in [-0.25, -0.2) is 0 Å². The Morgan fingerprint density at radius 1 is 1.30 bits per heavy atom. The molecule has 2 aromatic heterocycles. The number of ether oxygens (including phenoxy) is 1. The predicted molar refractivity (Wildman–Crippen MR) is 103 cm³/mol. The molecule has 0 saturated heterocycles. The average molecular weight is 386 g/mol. The van der Waals surface area contributed by atoms with E-state index in [-0.39, 0.29) is 17.8 Å². The number of benzene rings is 1. The van der Waals surface area contributed by atoms with Crippen molar-refractivity contribution < 1.29 is 13.9 Å². The van der Waals surface area contributed by atoms with Crippen LogP contribution in [-0.2, 0) is 18.4 Å². The molecule has 0 radical (unpaired) electrons. The second kappa shape index (κ2) is 8.77. The summed E-state index contributed by atoms with van der Waals surface area (Å²) in [6.45, 7) is 4.33. The topological polar surface area (TPSA) is 82.2 Å². The number of aromatic nitrogens is 3. The van der Waals surface area contributed by atoms with E-state index in [4.69, 9.17) is 9.15 Å². The van der Waals surface area contributed by atoms with Gasteiger partial charge in [0.1, 0.15) is 11.5 Å². The van der Waals surface area contributed by atoms with E-state index in [1.54, 1.807) is 12.3 Å². The second-order valence-corrected chi connectivity index (χ2v) is 7.06. The molecule has 1 unspecified atom stereocenters. The Morgan fingerprint density at radius 3 is 2.78 bits per heavy atom. The molecular formula is C19H22N4O3S. The number of carbonyl (C=O) groups is 1. The van der Waals surface area contributed by atoms with Crippen molar-refractivity contribution in [2.75, 3.05) is 5.75 Å². The molecule has 1 amide bonds. The minimum Gasteiger partial charge on any atom is -0.483 e. The summed E-state index contributed by atoms with van der Waals surface area (Å²) in [4.78, 5) is 12.0. The lowest BCUT2D eigenvalue weighted by molar-refractivity contribution is -0.118. The molecule has 3 rings (SSSR count). The fourth-order valence-corrected chi connectivity index (χ4v) is 3.21. The van der Waals surface area contributed by atoms with Gasteiger partial charge in [0, 0.05) is 7.05 Å². The van der Waals surface area contributed by atoms with E-state index in [1.165, 1.54) is 17.3 Å². The first-order valence-electron chi connectivity index (χ1n) is 8.57. The highest BCUT2D eigenvalue weighted by molar-refractivity contribution is 7.99. The number of hydrogen-bond acceptors (Lipinski definition) is 6. The van der Waals surface area contributed by atoms with E-state index in [0.717, 1.165) is 11.5 Å². The Hall–Kier alpha value is -2.74. The molecule has 7 nitrogen and oxygen atoms in total. The van der Waals surface area contributed by atoms with Crippen LogP contribution in [0.5, 0.6) is 5.75 Å². The molecule has 0 spiro atoms. The van der Waals surface area contributed by atoms with Crippen LogP contribution in [0, 0.1) is 6.92 Å². The second-order valence-electron chi connectivity index (χ2n) is 6.12. The van der Waals surface area contributed by atoms with Crippen LogP contribution in [0.1, 0.15) is 30.2 Å². The maximum Gasteiger partial charge on any atom is 0.230 e. The van der Waals surface area contributed by atoms with Gasteiger partial charge >= 0.3 is 0 Å². The summed E-state index contributed by atoms with van der Waals surface area (Å²) in [5.41, 5.74) is 1.18. The standard InChI is InChI=1S/C19H22N4O3S/c1-13-6-8-15(9-7-13)26-14(2)18-21-22-19(23(18)3)27-12-17(24)20-11-16-5-4-10-25-16/h4-10,14H,11-12H2,1-3H3,(H,20,24). The van der Waals surface area contributed by atoms with E-state index >= 15 is 0 Å². The Balaban J connectivity index is 1.53. The van der Waals surface area contributed by atoms with Crippen molar-refractivity contribution in [3.8, 4) is 5.75 Å². The highest BCUT2D eigenvalue weighted by Gasteiger charge is 2.18. The first kappa shape index (κ1) is 19.0. The molecule has 0 aliphatic carbocycles. The van der Waals surface area contributed by atoms with Crippen molar-refractivity contribution >= 4 is 17.7 Å². The number of thioether (sulfide) groups is 1. The zero-order valence-electron chi connectivity index (χ0n) is 15.5. The monoisotopic (exact) mass is 386 g/mol. The number of nitrogens with one attached hydrogen (secondary N) is 1. The summed E-state index contributed by atoms with van der Waals surface area (Å²) in [6.07, 6.45) is 1.32. The third-order valence-electron chi connectivity index (χ3n) is 3.94. The van der Waals surface area contributed by atoms with Gasteiger partial charge in [-0.15, -0.1) is 10.2 Å². The highest BCUT2D eigenvalue weighted by atomic mass is 32.2. The van der Waals surface area contributed by atoms with Gasteiger partial charge < -0.3 is 19.0 Å². The van der Waals surface area contributed by atoms with Gasteiger partial charge in [-0.05, 0) is 38.1 Å².